The fourth-order valence-electron chi connectivity index (χ4n) is 0. The molecule has 0 unspecified atom stereocenters. The van der Waals surface area contributed by atoms with E-state index in [1.807, 2.05) is 0 Å². The summed E-state index contributed by atoms with van der Waals surface area (Å²) in [5, 5.41) is 0. The van der Waals surface area contributed by atoms with Gasteiger partial charge in [0.1, 0.15) is 0 Å². The summed E-state index contributed by atoms with van der Waals surface area (Å²) >= 11 is 0. The predicted octanol–water partition coefficient (Wildman–Crippen LogP) is 0.546. The van der Waals surface area contributed by atoms with Crippen molar-refractivity contribution >= 4 is 28.6 Å². The fourth-order valence-corrected chi connectivity index (χ4v) is 0. The Morgan fingerprint density at radius 1 is 1.75 bits per heavy atom. The zero-order valence-electron chi connectivity index (χ0n) is 2.82. The normalized spacial score (nSPS) is 7.25. The van der Waals surface area contributed by atoms with Gasteiger partial charge < -0.3 is 0 Å². The van der Waals surface area contributed by atoms with Crippen LogP contribution < -0.4 is 0 Å². The summed E-state index contributed by atoms with van der Waals surface area (Å²) in [6.45, 7) is 0. The van der Waals surface area contributed by atoms with Crippen LogP contribution in [0.2, 0.25) is 0 Å². The van der Waals surface area contributed by atoms with Crippen LogP contribution in [0.25, 0.3) is 0 Å². The van der Waals surface area contributed by atoms with Gasteiger partial charge in [-0.2, -0.15) is 10.6 Å². The number of hydrogen-bond donors (Lipinski definition) is 0. The van der Waals surface area contributed by atoms with Crippen molar-refractivity contribution in [2.75, 3.05) is 6.26 Å². The molecule has 0 saturated heterocycles. The minimum Gasteiger partial charge on any atom is -0.156 e. The zero-order valence-corrected chi connectivity index (χ0v) is 4.45. The van der Waals surface area contributed by atoms with Crippen LogP contribution in [0.4, 0.5) is 0 Å². The van der Waals surface area contributed by atoms with E-state index in [4.69, 9.17) is 0 Å². The summed E-state index contributed by atoms with van der Waals surface area (Å²) < 4.78 is 0. The molecular weight excluding hydrogens is 87.0 g/mol. The van der Waals surface area contributed by atoms with Crippen molar-refractivity contribution in [2.45, 2.75) is 0 Å². The standard InChI is InChI=1S/CH5BS2/c1-3-4-2/h2H2,1H3. The first-order valence-corrected chi connectivity index (χ1v) is 3.95. The van der Waals surface area contributed by atoms with Crippen molar-refractivity contribution < 1.29 is 0 Å². The smallest absolute Gasteiger partial charge is 0.156 e. The van der Waals surface area contributed by atoms with E-state index in [0.717, 1.165) is 0 Å². The minimum atomic E-state index is 1.77. The van der Waals surface area contributed by atoms with Gasteiger partial charge in [0.25, 0.3) is 0 Å². The van der Waals surface area contributed by atoms with E-state index in [1.165, 1.54) is 0 Å². The Labute approximate surface area is 35.4 Å². The van der Waals surface area contributed by atoms with Crippen molar-refractivity contribution in [3.05, 3.63) is 0 Å². The zero-order chi connectivity index (χ0) is 3.41. The maximum atomic E-state index is 2.06. The van der Waals surface area contributed by atoms with Crippen molar-refractivity contribution in [3.63, 3.8) is 0 Å². The molecule has 0 aliphatic carbocycles. The van der Waals surface area contributed by atoms with E-state index in [0.29, 0.717) is 0 Å². The van der Waals surface area contributed by atoms with Crippen LogP contribution in [0, 0.1) is 0 Å². The first-order chi connectivity index (χ1) is 1.91. The summed E-state index contributed by atoms with van der Waals surface area (Å²) in [7, 11) is 5.61. The van der Waals surface area contributed by atoms with Crippen LogP contribution in [-0.4, -0.2) is 13.4 Å². The minimum absolute atomic E-state index is 1.77. The SMILES string of the molecule is BSSC. The Morgan fingerprint density at radius 3 is 2.00 bits per heavy atom. The average molecular weight is 92.0 g/mol. The predicted molar refractivity (Wildman–Crippen MR) is 29.6 cm³/mol. The quantitative estimate of drug-likeness (QED) is 0.342. The lowest BCUT2D eigenvalue weighted by atomic mass is 10.8. The van der Waals surface area contributed by atoms with Crippen molar-refractivity contribution in [1.82, 2.24) is 0 Å². The lowest BCUT2D eigenvalue weighted by molar-refractivity contribution is 2.55. The second kappa shape index (κ2) is 3.76. The van der Waals surface area contributed by atoms with Crippen LogP contribution in [0.5, 0.6) is 0 Å². The highest BCUT2D eigenvalue weighted by Crippen LogP contribution is 2.07. The molecule has 0 radical (unpaired) electrons. The summed E-state index contributed by atoms with van der Waals surface area (Å²) in [5.41, 5.74) is 0. The van der Waals surface area contributed by atoms with Gasteiger partial charge in [-0.1, -0.05) is 0 Å². The van der Waals surface area contributed by atoms with Gasteiger partial charge in [0.05, 0.1) is 0 Å². The van der Waals surface area contributed by atoms with Gasteiger partial charge >= 0.3 is 0 Å². The highest BCUT2D eigenvalue weighted by Gasteiger charge is 1.55. The molecule has 0 aliphatic heterocycles. The molecule has 0 spiro atoms. The second-order valence-electron chi connectivity index (χ2n) is 0.333. The van der Waals surface area contributed by atoms with E-state index in [9.17, 15) is 0 Å². The molecule has 0 rings (SSSR count). The number of hydrogen-bond acceptors (Lipinski definition) is 2. The summed E-state index contributed by atoms with van der Waals surface area (Å²) in [4.78, 5) is 0. The third-order valence-corrected chi connectivity index (χ3v) is 1.50. The lowest BCUT2D eigenvalue weighted by Gasteiger charge is -1.69. The van der Waals surface area contributed by atoms with Crippen LogP contribution in [0.3, 0.4) is 0 Å². The molecule has 0 amide bonds. The molecule has 0 N–H and O–H groups in total. The van der Waals surface area contributed by atoms with Gasteiger partial charge in [-0.05, 0) is 6.26 Å². The van der Waals surface area contributed by atoms with Gasteiger partial charge in [0.2, 0.25) is 0 Å². The maximum absolute atomic E-state index is 2.06. The molecule has 0 nitrogen and oxygen atoms in total. The summed E-state index contributed by atoms with van der Waals surface area (Å²) in [5.74, 6) is 0. The van der Waals surface area contributed by atoms with E-state index in [-0.39, 0.29) is 0 Å². The van der Waals surface area contributed by atoms with E-state index >= 15 is 0 Å². The van der Waals surface area contributed by atoms with Crippen molar-refractivity contribution in [3.8, 4) is 0 Å². The molecule has 4 heavy (non-hydrogen) atoms. The molecule has 0 aromatic rings. The Balaban J connectivity index is 1.97. The molecular formula is CH5BS2. The van der Waals surface area contributed by atoms with Crippen LogP contribution in [0.15, 0.2) is 0 Å². The molecule has 0 fully saturated rings. The molecule has 3 heteroatoms. The molecule has 0 aromatic heterocycles. The summed E-state index contributed by atoms with van der Waals surface area (Å²) in [6, 6.07) is 0. The molecule has 0 bridgehead atoms. The Hall–Kier alpha value is 0.765. The van der Waals surface area contributed by atoms with E-state index in [1.54, 1.807) is 21.4 Å². The molecule has 0 atom stereocenters. The second-order valence-corrected chi connectivity index (χ2v) is 3.00. The van der Waals surface area contributed by atoms with Crippen LogP contribution in [0.1, 0.15) is 0 Å². The first-order valence-electron chi connectivity index (χ1n) is 0.983. The van der Waals surface area contributed by atoms with Gasteiger partial charge in [-0.15, -0.1) is 10.8 Å². The van der Waals surface area contributed by atoms with Crippen LogP contribution in [-0.2, 0) is 0 Å². The third kappa shape index (κ3) is 2.76. The molecule has 0 aromatic carbocycles. The Morgan fingerprint density at radius 2 is 2.00 bits per heavy atom. The number of rotatable bonds is 1. The molecule has 0 heterocycles. The van der Waals surface area contributed by atoms with Gasteiger partial charge in [0, 0.05) is 0 Å². The van der Waals surface area contributed by atoms with Crippen molar-refractivity contribution in [2.24, 2.45) is 0 Å². The highest BCUT2D eigenvalue weighted by atomic mass is 33.1. The lowest BCUT2D eigenvalue weighted by Crippen LogP contribution is -1.33. The first kappa shape index (κ1) is 4.76. The summed E-state index contributed by atoms with van der Waals surface area (Å²) in [6.07, 6.45) is 2.06. The fraction of sp³-hybridized carbons (Fsp3) is 1.00. The average Bonchev–Trinajstić information content (AvgIpc) is 1.37. The van der Waals surface area contributed by atoms with Crippen LogP contribution >= 0.6 is 21.4 Å². The largest absolute Gasteiger partial charge is 0.188 e. The van der Waals surface area contributed by atoms with Gasteiger partial charge in [0.15, 0.2) is 7.12 Å². The maximum Gasteiger partial charge on any atom is 0.188 e. The monoisotopic (exact) mass is 92.0 g/mol. The third-order valence-electron chi connectivity index (χ3n) is 0.167. The molecule has 24 valence electrons. The highest BCUT2D eigenvalue weighted by molar-refractivity contribution is 8.84. The molecule has 0 aliphatic rings. The topological polar surface area (TPSA) is 0 Å². The van der Waals surface area contributed by atoms with Gasteiger partial charge in [-0.3, -0.25) is 0 Å². The van der Waals surface area contributed by atoms with E-state index < -0.39 is 0 Å². The Bertz CT molecular complexity index is 8.00. The molecule has 0 saturated carbocycles. The van der Waals surface area contributed by atoms with E-state index in [2.05, 4.69) is 13.4 Å². The van der Waals surface area contributed by atoms with Crippen molar-refractivity contribution in [1.29, 1.82) is 0 Å². The van der Waals surface area contributed by atoms with Gasteiger partial charge in [-0.25, -0.2) is 0 Å². The Kier molecular flexibility index (Phi) is 4.48.